The maximum absolute atomic E-state index is 5.40. The average molecular weight is 268 g/mol. The van der Waals surface area contributed by atoms with Crippen LogP contribution in [0.2, 0.25) is 0 Å². The van der Waals surface area contributed by atoms with Gasteiger partial charge in [-0.05, 0) is 24.6 Å². The fraction of sp³-hybridized carbons (Fsp3) is 0.200. The molecule has 0 saturated carbocycles. The Bertz CT molecular complexity index is 481. The minimum absolute atomic E-state index is 0.264. The van der Waals surface area contributed by atoms with Gasteiger partial charge >= 0.3 is 0 Å². The van der Waals surface area contributed by atoms with Crippen molar-refractivity contribution in [2.24, 2.45) is 5.73 Å². The number of nitrogens with zero attached hydrogens (tertiary/aromatic N) is 2. The van der Waals surface area contributed by atoms with Crippen LogP contribution in [-0.4, -0.2) is 10.1 Å². The predicted octanol–water partition coefficient (Wildman–Crippen LogP) is 2.27. The summed E-state index contributed by atoms with van der Waals surface area (Å²) in [4.78, 5) is 4.18. The van der Waals surface area contributed by atoms with E-state index in [9.17, 15) is 0 Å². The van der Waals surface area contributed by atoms with Gasteiger partial charge in [-0.1, -0.05) is 27.2 Å². The second-order valence-electron chi connectivity index (χ2n) is 3.18. The van der Waals surface area contributed by atoms with E-state index >= 15 is 0 Å². The average Bonchev–Trinajstić information content (AvgIpc) is 2.70. The van der Waals surface area contributed by atoms with Gasteiger partial charge in [0.1, 0.15) is 0 Å². The Labute approximate surface area is 95.6 Å². The van der Waals surface area contributed by atoms with Crippen molar-refractivity contribution in [2.75, 3.05) is 0 Å². The number of aromatic nitrogens is 2. The van der Waals surface area contributed by atoms with Gasteiger partial charge < -0.3 is 10.3 Å². The highest BCUT2D eigenvalue weighted by atomic mass is 79.9. The molecule has 1 aromatic heterocycles. The van der Waals surface area contributed by atoms with E-state index in [1.165, 1.54) is 0 Å². The van der Waals surface area contributed by atoms with Gasteiger partial charge in [0.2, 0.25) is 11.7 Å². The first-order valence-corrected chi connectivity index (χ1v) is 5.29. The molecule has 0 amide bonds. The van der Waals surface area contributed by atoms with Crippen LogP contribution in [-0.2, 0) is 6.54 Å². The number of hydrogen-bond donors (Lipinski definition) is 1. The van der Waals surface area contributed by atoms with Crippen molar-refractivity contribution in [3.05, 3.63) is 34.1 Å². The van der Waals surface area contributed by atoms with Crippen LogP contribution in [0.15, 0.2) is 27.2 Å². The molecule has 0 bridgehead atoms. The van der Waals surface area contributed by atoms with Crippen molar-refractivity contribution < 1.29 is 4.52 Å². The van der Waals surface area contributed by atoms with E-state index in [2.05, 4.69) is 26.1 Å². The van der Waals surface area contributed by atoms with Crippen molar-refractivity contribution in [1.82, 2.24) is 10.1 Å². The lowest BCUT2D eigenvalue weighted by Gasteiger charge is -2.00. The third-order valence-electron chi connectivity index (χ3n) is 2.08. The van der Waals surface area contributed by atoms with Crippen LogP contribution in [0, 0.1) is 6.92 Å². The minimum atomic E-state index is 0.264. The van der Waals surface area contributed by atoms with Crippen LogP contribution in [0.3, 0.4) is 0 Å². The molecule has 1 aromatic carbocycles. The lowest BCUT2D eigenvalue weighted by atomic mass is 10.1. The van der Waals surface area contributed by atoms with E-state index in [0.29, 0.717) is 11.7 Å². The molecule has 2 N–H and O–H groups in total. The molecule has 0 saturated heterocycles. The summed E-state index contributed by atoms with van der Waals surface area (Å²) in [5.74, 6) is 1.03. The zero-order valence-electron chi connectivity index (χ0n) is 8.20. The molecular weight excluding hydrogens is 258 g/mol. The highest BCUT2D eigenvalue weighted by Crippen LogP contribution is 2.24. The van der Waals surface area contributed by atoms with Gasteiger partial charge in [0.15, 0.2) is 0 Å². The number of benzene rings is 1. The Morgan fingerprint density at radius 1 is 1.47 bits per heavy atom. The third kappa shape index (κ3) is 2.08. The van der Waals surface area contributed by atoms with Crippen LogP contribution in [0.25, 0.3) is 11.4 Å². The molecule has 4 nitrogen and oxygen atoms in total. The summed E-state index contributed by atoms with van der Waals surface area (Å²) in [6.45, 7) is 2.26. The van der Waals surface area contributed by atoms with Crippen LogP contribution in [0.4, 0.5) is 0 Å². The lowest BCUT2D eigenvalue weighted by Crippen LogP contribution is -1.95. The third-order valence-corrected chi connectivity index (χ3v) is 2.58. The minimum Gasteiger partial charge on any atom is -0.338 e. The molecule has 0 fully saturated rings. The van der Waals surface area contributed by atoms with Crippen LogP contribution >= 0.6 is 15.9 Å². The molecule has 0 atom stereocenters. The first-order chi connectivity index (χ1) is 7.20. The molecule has 2 rings (SSSR count). The molecular formula is C10H10BrN3O. The number of nitrogens with two attached hydrogens (primary N) is 1. The van der Waals surface area contributed by atoms with Crippen LogP contribution < -0.4 is 5.73 Å². The number of rotatable bonds is 2. The molecule has 1 heterocycles. The smallest absolute Gasteiger partial charge is 0.240 e. The number of aryl methyl sites for hydroxylation is 1. The summed E-state index contributed by atoms with van der Waals surface area (Å²) in [5, 5.41) is 3.87. The summed E-state index contributed by atoms with van der Waals surface area (Å²) in [5.41, 5.74) is 7.45. The van der Waals surface area contributed by atoms with Gasteiger partial charge in [-0.25, -0.2) is 0 Å². The maximum Gasteiger partial charge on any atom is 0.240 e. The van der Waals surface area contributed by atoms with E-state index in [-0.39, 0.29) is 6.54 Å². The molecule has 0 aliphatic carbocycles. The molecule has 0 aliphatic heterocycles. The van der Waals surface area contributed by atoms with E-state index in [4.69, 9.17) is 10.3 Å². The monoisotopic (exact) mass is 267 g/mol. The van der Waals surface area contributed by atoms with Gasteiger partial charge in [0.05, 0.1) is 6.54 Å². The first-order valence-electron chi connectivity index (χ1n) is 4.50. The summed E-state index contributed by atoms with van der Waals surface area (Å²) in [7, 11) is 0. The molecule has 78 valence electrons. The fourth-order valence-corrected chi connectivity index (χ4v) is 1.64. The largest absolute Gasteiger partial charge is 0.338 e. The Morgan fingerprint density at radius 3 is 2.93 bits per heavy atom. The normalized spacial score (nSPS) is 10.6. The Kier molecular flexibility index (Phi) is 2.83. The van der Waals surface area contributed by atoms with Crippen LogP contribution in [0.5, 0.6) is 0 Å². The van der Waals surface area contributed by atoms with Crippen molar-refractivity contribution in [3.63, 3.8) is 0 Å². The molecule has 0 aliphatic rings. The Hall–Kier alpha value is -1.20. The maximum atomic E-state index is 5.40. The zero-order valence-corrected chi connectivity index (χ0v) is 9.78. The SMILES string of the molecule is Cc1ccc(Br)cc1-c1noc(CN)n1. The molecule has 0 spiro atoms. The Balaban J connectivity index is 2.48. The van der Waals surface area contributed by atoms with Gasteiger partial charge in [0.25, 0.3) is 0 Å². The van der Waals surface area contributed by atoms with Crippen molar-refractivity contribution in [3.8, 4) is 11.4 Å². The van der Waals surface area contributed by atoms with E-state index in [1.807, 2.05) is 25.1 Å². The van der Waals surface area contributed by atoms with Gasteiger partial charge in [0, 0.05) is 10.0 Å². The zero-order chi connectivity index (χ0) is 10.8. The van der Waals surface area contributed by atoms with Crippen LogP contribution in [0.1, 0.15) is 11.5 Å². The quantitative estimate of drug-likeness (QED) is 0.907. The second-order valence-corrected chi connectivity index (χ2v) is 4.09. The summed E-state index contributed by atoms with van der Waals surface area (Å²) in [6, 6.07) is 5.93. The van der Waals surface area contributed by atoms with Crippen molar-refractivity contribution in [1.29, 1.82) is 0 Å². The molecule has 15 heavy (non-hydrogen) atoms. The number of halogens is 1. The molecule has 0 radical (unpaired) electrons. The van der Waals surface area contributed by atoms with Gasteiger partial charge in [-0.2, -0.15) is 4.98 Å². The van der Waals surface area contributed by atoms with E-state index in [1.54, 1.807) is 0 Å². The Morgan fingerprint density at radius 2 is 2.27 bits per heavy atom. The second kappa shape index (κ2) is 4.12. The van der Waals surface area contributed by atoms with Crippen molar-refractivity contribution >= 4 is 15.9 Å². The van der Waals surface area contributed by atoms with Gasteiger partial charge in [-0.3, -0.25) is 0 Å². The predicted molar refractivity (Wildman–Crippen MR) is 60.1 cm³/mol. The lowest BCUT2D eigenvalue weighted by molar-refractivity contribution is 0.380. The molecule has 0 unspecified atom stereocenters. The molecule has 5 heteroatoms. The van der Waals surface area contributed by atoms with E-state index in [0.717, 1.165) is 15.6 Å². The summed E-state index contributed by atoms with van der Waals surface area (Å²) < 4.78 is 5.95. The fourth-order valence-electron chi connectivity index (χ4n) is 1.28. The summed E-state index contributed by atoms with van der Waals surface area (Å²) >= 11 is 3.41. The standard InChI is InChI=1S/C10H10BrN3O/c1-6-2-3-7(11)4-8(6)10-13-9(5-12)15-14-10/h2-4H,5,12H2,1H3. The first kappa shape index (κ1) is 10.3. The van der Waals surface area contributed by atoms with Gasteiger partial charge in [-0.15, -0.1) is 0 Å². The topological polar surface area (TPSA) is 64.9 Å². The highest BCUT2D eigenvalue weighted by Gasteiger charge is 2.09. The summed E-state index contributed by atoms with van der Waals surface area (Å²) in [6.07, 6.45) is 0. The molecule has 2 aromatic rings. The highest BCUT2D eigenvalue weighted by molar-refractivity contribution is 9.10. The van der Waals surface area contributed by atoms with Crippen molar-refractivity contribution in [2.45, 2.75) is 13.5 Å². The van der Waals surface area contributed by atoms with E-state index < -0.39 is 0 Å². The number of hydrogen-bond acceptors (Lipinski definition) is 4.